The molecule has 0 fully saturated rings. The fourth-order valence-electron chi connectivity index (χ4n) is 5.01. The van der Waals surface area contributed by atoms with E-state index in [9.17, 15) is 4.79 Å². The maximum atomic E-state index is 13.1. The molecule has 0 aromatic heterocycles. The van der Waals surface area contributed by atoms with Crippen LogP contribution in [-0.4, -0.2) is 12.1 Å². The topological polar surface area (TPSA) is 26.3 Å². The summed E-state index contributed by atoms with van der Waals surface area (Å²) in [7, 11) is 0. The average Bonchev–Trinajstić information content (AvgIpc) is 3.23. The fraction of sp³-hybridized carbons (Fsp3) is 0.207. The first-order valence-corrected chi connectivity index (χ1v) is 11.0. The van der Waals surface area contributed by atoms with Crippen molar-refractivity contribution in [1.29, 1.82) is 0 Å². The fourth-order valence-corrected chi connectivity index (χ4v) is 5.01. The molecule has 0 radical (unpaired) electrons. The summed E-state index contributed by atoms with van der Waals surface area (Å²) < 4.78 is 5.66. The van der Waals surface area contributed by atoms with Crippen LogP contribution >= 0.6 is 0 Å². The van der Waals surface area contributed by atoms with Gasteiger partial charge in [-0.2, -0.15) is 0 Å². The lowest BCUT2D eigenvalue weighted by Crippen LogP contribution is -2.19. The molecule has 0 saturated carbocycles. The second-order valence-corrected chi connectivity index (χ2v) is 8.57. The highest BCUT2D eigenvalue weighted by molar-refractivity contribution is 5.95. The zero-order valence-corrected chi connectivity index (χ0v) is 17.9. The van der Waals surface area contributed by atoms with Gasteiger partial charge in [-0.15, -0.1) is 0 Å². The molecule has 1 aliphatic rings. The van der Waals surface area contributed by atoms with E-state index in [4.69, 9.17) is 4.74 Å². The Balaban J connectivity index is 1.69. The van der Waals surface area contributed by atoms with Gasteiger partial charge < -0.3 is 4.74 Å². The standard InChI is InChI=1S/C29H26O2/c1-19(2)31-29(30)27-18-17-26(24-15-7-11-20-9-3-5-13-22(20)24)28(27)25-16-8-12-21-10-4-6-14-23(21)25/h3-16,18-19,26,28H,17H2,1-2H3/t26-,28+/m0/s1. The minimum absolute atomic E-state index is 0.0387. The molecule has 0 spiro atoms. The first-order valence-electron chi connectivity index (χ1n) is 11.0. The lowest BCUT2D eigenvalue weighted by Gasteiger charge is -2.26. The molecule has 0 unspecified atom stereocenters. The van der Waals surface area contributed by atoms with E-state index in [-0.39, 0.29) is 23.9 Å². The van der Waals surface area contributed by atoms with Gasteiger partial charge in [-0.3, -0.25) is 0 Å². The SMILES string of the molecule is CC(C)OC(=O)C1=CC[C@@H](c2cccc3ccccc23)[C@H]1c1cccc2ccccc12. The van der Waals surface area contributed by atoms with Crippen molar-refractivity contribution in [2.45, 2.75) is 38.2 Å². The number of carbonyl (C=O) groups is 1. The maximum absolute atomic E-state index is 13.1. The highest BCUT2D eigenvalue weighted by Gasteiger charge is 2.38. The molecule has 0 amide bonds. The van der Waals surface area contributed by atoms with Crippen LogP contribution in [0.25, 0.3) is 21.5 Å². The van der Waals surface area contributed by atoms with Crippen LogP contribution in [0.1, 0.15) is 43.2 Å². The van der Waals surface area contributed by atoms with Crippen LogP contribution in [0.4, 0.5) is 0 Å². The first kappa shape index (κ1) is 19.6. The number of hydrogen-bond acceptors (Lipinski definition) is 2. The molecule has 154 valence electrons. The molecule has 0 aliphatic heterocycles. The molecule has 4 aromatic rings. The number of benzene rings is 4. The molecule has 0 bridgehead atoms. The van der Waals surface area contributed by atoms with Gasteiger partial charge in [0.2, 0.25) is 0 Å². The quantitative estimate of drug-likeness (QED) is 0.337. The Hall–Kier alpha value is -3.39. The third kappa shape index (κ3) is 3.53. The first-order chi connectivity index (χ1) is 15.1. The summed E-state index contributed by atoms with van der Waals surface area (Å²) in [6.45, 7) is 3.81. The summed E-state index contributed by atoms with van der Waals surface area (Å²) in [5.74, 6) is -0.0505. The zero-order chi connectivity index (χ0) is 21.4. The van der Waals surface area contributed by atoms with Crippen molar-refractivity contribution in [3.05, 3.63) is 108 Å². The van der Waals surface area contributed by atoms with E-state index in [1.165, 1.54) is 32.7 Å². The molecule has 2 heteroatoms. The van der Waals surface area contributed by atoms with E-state index in [1.807, 2.05) is 13.8 Å². The Morgan fingerprint density at radius 2 is 1.32 bits per heavy atom. The summed E-state index contributed by atoms with van der Waals surface area (Å²) >= 11 is 0. The van der Waals surface area contributed by atoms with Crippen LogP contribution in [0, 0.1) is 0 Å². The molecule has 2 atom stereocenters. The summed E-state index contributed by atoms with van der Waals surface area (Å²) in [6.07, 6.45) is 2.78. The van der Waals surface area contributed by atoms with Gasteiger partial charge in [0, 0.05) is 11.5 Å². The minimum Gasteiger partial charge on any atom is -0.460 e. The van der Waals surface area contributed by atoms with Gasteiger partial charge in [-0.25, -0.2) is 4.79 Å². The van der Waals surface area contributed by atoms with E-state index >= 15 is 0 Å². The molecule has 31 heavy (non-hydrogen) atoms. The minimum atomic E-state index is -0.198. The van der Waals surface area contributed by atoms with E-state index in [2.05, 4.69) is 91.0 Å². The summed E-state index contributed by atoms with van der Waals surface area (Å²) in [5, 5.41) is 4.88. The number of ether oxygens (including phenoxy) is 1. The van der Waals surface area contributed by atoms with Crippen LogP contribution in [0.5, 0.6) is 0 Å². The molecule has 4 aromatic carbocycles. The molecular weight excluding hydrogens is 380 g/mol. The van der Waals surface area contributed by atoms with Crippen molar-refractivity contribution in [2.24, 2.45) is 0 Å². The Morgan fingerprint density at radius 3 is 1.97 bits per heavy atom. The normalized spacial score (nSPS) is 18.5. The van der Waals surface area contributed by atoms with Crippen molar-refractivity contribution in [2.75, 3.05) is 0 Å². The Bertz CT molecular complexity index is 1290. The highest BCUT2D eigenvalue weighted by atomic mass is 16.5. The number of fused-ring (bicyclic) bond motifs is 2. The predicted octanol–water partition coefficient (Wildman–Crippen LogP) is 7.14. The van der Waals surface area contributed by atoms with Gasteiger partial charge in [0.05, 0.1) is 6.10 Å². The maximum Gasteiger partial charge on any atom is 0.334 e. The van der Waals surface area contributed by atoms with E-state index < -0.39 is 0 Å². The smallest absolute Gasteiger partial charge is 0.334 e. The Morgan fingerprint density at radius 1 is 0.774 bits per heavy atom. The van der Waals surface area contributed by atoms with Gasteiger partial charge in [-0.05, 0) is 58.9 Å². The van der Waals surface area contributed by atoms with Gasteiger partial charge in [0.1, 0.15) is 0 Å². The van der Waals surface area contributed by atoms with Crippen molar-refractivity contribution >= 4 is 27.5 Å². The Kier molecular flexibility index (Phi) is 5.07. The number of carbonyl (C=O) groups excluding carboxylic acids is 1. The highest BCUT2D eigenvalue weighted by Crippen LogP contribution is 2.49. The van der Waals surface area contributed by atoms with E-state index in [0.29, 0.717) is 0 Å². The monoisotopic (exact) mass is 406 g/mol. The summed E-state index contributed by atoms with van der Waals surface area (Å²) in [5.41, 5.74) is 3.27. The van der Waals surface area contributed by atoms with Crippen LogP contribution in [0.3, 0.4) is 0 Å². The van der Waals surface area contributed by atoms with E-state index in [0.717, 1.165) is 12.0 Å². The van der Waals surface area contributed by atoms with Crippen molar-refractivity contribution < 1.29 is 9.53 Å². The van der Waals surface area contributed by atoms with Crippen LogP contribution in [-0.2, 0) is 9.53 Å². The number of rotatable bonds is 4. The molecular formula is C29H26O2. The van der Waals surface area contributed by atoms with Gasteiger partial charge in [-0.1, -0.05) is 91.0 Å². The van der Waals surface area contributed by atoms with Gasteiger partial charge in [0.15, 0.2) is 0 Å². The van der Waals surface area contributed by atoms with Crippen LogP contribution in [0.15, 0.2) is 96.6 Å². The van der Waals surface area contributed by atoms with Crippen molar-refractivity contribution in [3.8, 4) is 0 Å². The molecule has 5 rings (SSSR count). The second-order valence-electron chi connectivity index (χ2n) is 8.57. The number of hydrogen-bond donors (Lipinski definition) is 0. The Labute approximate surface area is 183 Å². The molecule has 1 aliphatic carbocycles. The lowest BCUT2D eigenvalue weighted by atomic mass is 9.77. The molecule has 2 nitrogen and oxygen atoms in total. The van der Waals surface area contributed by atoms with Crippen LogP contribution < -0.4 is 0 Å². The largest absolute Gasteiger partial charge is 0.460 e. The second kappa shape index (κ2) is 8.03. The third-order valence-electron chi connectivity index (χ3n) is 6.29. The summed E-state index contributed by atoms with van der Waals surface area (Å²) in [6, 6.07) is 29.9. The van der Waals surface area contributed by atoms with Gasteiger partial charge >= 0.3 is 5.97 Å². The predicted molar refractivity (Wildman–Crippen MR) is 127 cm³/mol. The average molecular weight is 407 g/mol. The third-order valence-corrected chi connectivity index (χ3v) is 6.29. The number of allylic oxidation sites excluding steroid dienone is 1. The van der Waals surface area contributed by atoms with Gasteiger partial charge in [0.25, 0.3) is 0 Å². The van der Waals surface area contributed by atoms with Crippen LogP contribution in [0.2, 0.25) is 0 Å². The number of esters is 1. The van der Waals surface area contributed by atoms with E-state index in [1.54, 1.807) is 0 Å². The zero-order valence-electron chi connectivity index (χ0n) is 17.9. The molecule has 0 saturated heterocycles. The lowest BCUT2D eigenvalue weighted by molar-refractivity contribution is -0.142. The molecule has 0 N–H and O–H groups in total. The van der Waals surface area contributed by atoms with Crippen molar-refractivity contribution in [1.82, 2.24) is 0 Å². The van der Waals surface area contributed by atoms with Crippen molar-refractivity contribution in [3.63, 3.8) is 0 Å². The molecule has 0 heterocycles. The summed E-state index contributed by atoms with van der Waals surface area (Å²) in [4.78, 5) is 13.1.